The number of oxazole rings is 1. The van der Waals surface area contributed by atoms with Gasteiger partial charge < -0.3 is 4.42 Å². The molecule has 0 fully saturated rings. The smallest absolute Gasteiger partial charge is 0.292 e. The number of nitrogens with zero attached hydrogens (tertiary/aromatic N) is 3. The van der Waals surface area contributed by atoms with Crippen LogP contribution in [0.3, 0.4) is 0 Å². The molecule has 0 aliphatic rings. The SMILES string of the molecule is Cc1cccc(C)c1-c1nc2c(-c3n(C(C)(C)C)c4ccccc4[n+]3C)c(C)ccc2o1. The molecular weight excluding hydrogens is 394 g/mol. The van der Waals surface area contributed by atoms with Crippen molar-refractivity contribution >= 4 is 22.1 Å². The predicted octanol–water partition coefficient (Wildman–Crippen LogP) is 6.62. The molecule has 0 saturated carbocycles. The monoisotopic (exact) mass is 424 g/mol. The number of rotatable bonds is 2. The van der Waals surface area contributed by atoms with Crippen molar-refractivity contribution in [1.82, 2.24) is 9.55 Å². The number of imidazole rings is 1. The van der Waals surface area contributed by atoms with E-state index in [9.17, 15) is 0 Å². The highest BCUT2D eigenvalue weighted by Gasteiger charge is 2.34. The number of para-hydroxylation sites is 2. The Balaban J connectivity index is 1.89. The lowest BCUT2D eigenvalue weighted by molar-refractivity contribution is -0.634. The number of hydrogen-bond acceptors (Lipinski definition) is 2. The lowest BCUT2D eigenvalue weighted by Crippen LogP contribution is -2.33. The van der Waals surface area contributed by atoms with Crippen LogP contribution in [0.15, 0.2) is 59.0 Å². The maximum Gasteiger partial charge on any atom is 0.292 e. The fraction of sp³-hybridized carbons (Fsp3) is 0.286. The van der Waals surface area contributed by atoms with Crippen LogP contribution >= 0.6 is 0 Å². The molecular formula is C28H30N3O+. The van der Waals surface area contributed by atoms with E-state index in [0.29, 0.717) is 5.89 Å². The van der Waals surface area contributed by atoms with Crippen molar-refractivity contribution in [3.63, 3.8) is 0 Å². The second-order valence-corrected chi connectivity index (χ2v) is 9.77. The highest BCUT2D eigenvalue weighted by Crippen LogP contribution is 2.38. The van der Waals surface area contributed by atoms with Crippen molar-refractivity contribution in [2.75, 3.05) is 0 Å². The molecule has 0 spiro atoms. The molecule has 4 heteroatoms. The third kappa shape index (κ3) is 2.97. The number of fused-ring (bicyclic) bond motifs is 2. The molecule has 2 heterocycles. The minimum Gasteiger partial charge on any atom is -0.436 e. The summed E-state index contributed by atoms with van der Waals surface area (Å²) in [5.74, 6) is 1.83. The topological polar surface area (TPSA) is 34.8 Å². The van der Waals surface area contributed by atoms with E-state index in [1.165, 1.54) is 27.7 Å². The van der Waals surface area contributed by atoms with Gasteiger partial charge >= 0.3 is 0 Å². The summed E-state index contributed by atoms with van der Waals surface area (Å²) in [7, 11) is 2.14. The van der Waals surface area contributed by atoms with Gasteiger partial charge in [0.2, 0.25) is 5.89 Å². The first kappa shape index (κ1) is 20.5. The number of benzene rings is 3. The first-order valence-corrected chi connectivity index (χ1v) is 11.2. The average molecular weight is 425 g/mol. The number of aryl methyl sites for hydroxylation is 4. The molecule has 32 heavy (non-hydrogen) atoms. The van der Waals surface area contributed by atoms with Gasteiger partial charge in [-0.15, -0.1) is 0 Å². The third-order valence-corrected chi connectivity index (χ3v) is 6.37. The van der Waals surface area contributed by atoms with Gasteiger partial charge in [-0.1, -0.05) is 36.4 Å². The normalized spacial score (nSPS) is 12.2. The summed E-state index contributed by atoms with van der Waals surface area (Å²) in [5.41, 5.74) is 9.76. The molecule has 5 aromatic rings. The second kappa shape index (κ2) is 7.06. The van der Waals surface area contributed by atoms with Gasteiger partial charge in [-0.3, -0.25) is 0 Å². The summed E-state index contributed by atoms with van der Waals surface area (Å²) in [6.45, 7) is 13.1. The van der Waals surface area contributed by atoms with E-state index in [4.69, 9.17) is 9.40 Å². The van der Waals surface area contributed by atoms with Crippen LogP contribution in [0.4, 0.5) is 0 Å². The Morgan fingerprint density at radius 2 is 1.47 bits per heavy atom. The molecule has 5 rings (SSSR count). The fourth-order valence-electron chi connectivity index (χ4n) is 4.91. The predicted molar refractivity (Wildman–Crippen MR) is 131 cm³/mol. The van der Waals surface area contributed by atoms with Gasteiger partial charge in [0.1, 0.15) is 11.1 Å². The molecule has 4 nitrogen and oxygen atoms in total. The van der Waals surface area contributed by atoms with Crippen molar-refractivity contribution in [3.05, 3.63) is 71.3 Å². The molecule has 162 valence electrons. The van der Waals surface area contributed by atoms with Gasteiger partial charge in [-0.05, 0) is 76.4 Å². The Morgan fingerprint density at radius 1 is 0.812 bits per heavy atom. The zero-order chi connectivity index (χ0) is 22.8. The minimum absolute atomic E-state index is 0.107. The van der Waals surface area contributed by atoms with E-state index in [1.54, 1.807) is 0 Å². The van der Waals surface area contributed by atoms with Crippen molar-refractivity contribution in [2.24, 2.45) is 7.05 Å². The number of hydrogen-bond donors (Lipinski definition) is 0. The Kier molecular flexibility index (Phi) is 4.52. The summed E-state index contributed by atoms with van der Waals surface area (Å²) in [6.07, 6.45) is 0. The van der Waals surface area contributed by atoms with Gasteiger partial charge in [0.25, 0.3) is 5.82 Å². The highest BCUT2D eigenvalue weighted by molar-refractivity contribution is 5.93. The van der Waals surface area contributed by atoms with Gasteiger partial charge in [-0.25, -0.2) is 14.1 Å². The Labute approximate surface area is 189 Å². The standard InChI is InChI=1S/C28H30N3O/c1-17-11-10-12-18(2)23(17)26-29-25-22(32-26)16-15-19(3)24(25)27-30(7)20-13-8-9-14-21(20)31(27)28(4,5)6/h8-16H,1-7H3/q+1. The minimum atomic E-state index is -0.107. The van der Waals surface area contributed by atoms with Crippen molar-refractivity contribution < 1.29 is 8.98 Å². The van der Waals surface area contributed by atoms with Crippen LogP contribution in [0.5, 0.6) is 0 Å². The molecule has 0 N–H and O–H groups in total. The Hall–Kier alpha value is -3.40. The second-order valence-electron chi connectivity index (χ2n) is 9.77. The molecule has 0 radical (unpaired) electrons. The molecule has 0 unspecified atom stereocenters. The Morgan fingerprint density at radius 3 is 2.16 bits per heavy atom. The lowest BCUT2D eigenvalue weighted by Gasteiger charge is -2.19. The van der Waals surface area contributed by atoms with Crippen LogP contribution in [0.1, 0.15) is 37.5 Å². The molecule has 0 amide bonds. The van der Waals surface area contributed by atoms with E-state index >= 15 is 0 Å². The summed E-state index contributed by atoms with van der Waals surface area (Å²) < 4.78 is 11.1. The first-order valence-electron chi connectivity index (χ1n) is 11.2. The maximum absolute atomic E-state index is 6.34. The van der Waals surface area contributed by atoms with Crippen LogP contribution < -0.4 is 4.57 Å². The Bertz CT molecular complexity index is 1470. The maximum atomic E-state index is 6.34. The largest absolute Gasteiger partial charge is 0.436 e. The van der Waals surface area contributed by atoms with Gasteiger partial charge in [-0.2, -0.15) is 0 Å². The van der Waals surface area contributed by atoms with Gasteiger partial charge in [0.15, 0.2) is 16.6 Å². The molecule has 2 aromatic heterocycles. The van der Waals surface area contributed by atoms with Crippen LogP contribution in [-0.4, -0.2) is 9.55 Å². The van der Waals surface area contributed by atoms with Crippen molar-refractivity contribution in [3.8, 4) is 22.8 Å². The van der Waals surface area contributed by atoms with Gasteiger partial charge in [0.05, 0.1) is 12.6 Å². The van der Waals surface area contributed by atoms with Crippen LogP contribution in [0, 0.1) is 20.8 Å². The third-order valence-electron chi connectivity index (χ3n) is 6.37. The first-order chi connectivity index (χ1) is 15.2. The molecule has 0 aliphatic heterocycles. The summed E-state index contributed by atoms with van der Waals surface area (Å²) in [4.78, 5) is 5.08. The van der Waals surface area contributed by atoms with E-state index in [-0.39, 0.29) is 5.54 Å². The van der Waals surface area contributed by atoms with Crippen molar-refractivity contribution in [2.45, 2.75) is 47.1 Å². The summed E-state index contributed by atoms with van der Waals surface area (Å²) >= 11 is 0. The quantitative estimate of drug-likeness (QED) is 0.298. The molecule has 0 bridgehead atoms. The average Bonchev–Trinajstić information content (AvgIpc) is 3.27. The molecule has 0 saturated heterocycles. The van der Waals surface area contributed by atoms with E-state index in [2.05, 4.69) is 106 Å². The van der Waals surface area contributed by atoms with Crippen LogP contribution in [-0.2, 0) is 12.6 Å². The summed E-state index contributed by atoms with van der Waals surface area (Å²) in [5, 5.41) is 0. The molecule has 0 aliphatic carbocycles. The molecule has 3 aromatic carbocycles. The molecule has 0 atom stereocenters. The zero-order valence-electron chi connectivity index (χ0n) is 19.9. The van der Waals surface area contributed by atoms with Crippen LogP contribution in [0.2, 0.25) is 0 Å². The number of aromatic nitrogens is 3. The van der Waals surface area contributed by atoms with Crippen LogP contribution in [0.25, 0.3) is 45.0 Å². The van der Waals surface area contributed by atoms with E-state index < -0.39 is 0 Å². The zero-order valence-corrected chi connectivity index (χ0v) is 19.9. The van der Waals surface area contributed by atoms with Crippen molar-refractivity contribution in [1.29, 1.82) is 0 Å². The highest BCUT2D eigenvalue weighted by atomic mass is 16.3. The van der Waals surface area contributed by atoms with E-state index in [1.807, 2.05) is 6.07 Å². The van der Waals surface area contributed by atoms with Gasteiger partial charge in [0, 0.05) is 5.56 Å². The lowest BCUT2D eigenvalue weighted by atomic mass is 10.0. The van der Waals surface area contributed by atoms with E-state index in [0.717, 1.165) is 28.1 Å². The fourth-order valence-corrected chi connectivity index (χ4v) is 4.91. The summed E-state index contributed by atoms with van der Waals surface area (Å²) in [6, 6.07) is 19.1.